The van der Waals surface area contributed by atoms with Crippen LogP contribution in [0.25, 0.3) is 123 Å². The SMILES string of the molecule is CCCCCc1ccc(Oc2cc3c(cc2Oc2ccc(CCCCC)cc2)-c2nc-3nc3[nH]c(nc4nc(nc5[nH]c(n2)c2cc6nc(-c7ccccn7)c(-c7ccccn7)nc6cc52)-c2cc(Oc5ccc(CCCCC)cc5)c(Oc5ccc(CCCCC)cc5)cc2-4)c2cc(Oc4ccc(CCCCC)cc4)c(Oc4ccc(CCCCC)cc4)cc32)cc1. The standard InChI is InChI=1S/C110H108N12O6/c1-7-13-19-29-71-37-49-77(50-38-71)123-95-65-85-87(67-97(95)125-79-53-41-73(42-54-79)31-21-15-9-3)107-118-105(85)116-103-83-63-93-94(114-102(92-36-26-28-62-112-92)101(113-93)91-35-25-27-61-111-91)64-84(83)104(115-103)117-106-86-66-96(124-78-51-39-72(40-52-78)30-20-14-8-2)98(126-80-55-43-74(44-56-80)32-22-16-10-4)68-88(86)108(119-106)121-110-90-70-100(128-82-59-47-76(48-60-82)34-24-18-12-6)99(69-89(90)109(120-107)122-110)127-81-57-45-75(46-58-81)33-23-17-11-5/h25-28,35-70H,7-24,29-34H2,1-6H3,(H2,115,116,117,118,119,120,121,122). The van der Waals surface area contributed by atoms with Crippen molar-refractivity contribution in [2.45, 2.75) is 196 Å². The van der Waals surface area contributed by atoms with Crippen LogP contribution in [0.4, 0.5) is 0 Å². The highest BCUT2D eigenvalue weighted by molar-refractivity contribution is 6.11. The van der Waals surface area contributed by atoms with Crippen LogP contribution in [0.1, 0.15) is 190 Å². The molecule has 0 radical (unpaired) electrons. The first-order valence-electron chi connectivity index (χ1n) is 46.2. The van der Waals surface area contributed by atoms with Crippen LogP contribution in [0.2, 0.25) is 0 Å². The lowest BCUT2D eigenvalue weighted by Crippen LogP contribution is -1.98. The van der Waals surface area contributed by atoms with E-state index >= 15 is 0 Å². The van der Waals surface area contributed by atoms with Crippen molar-refractivity contribution in [1.82, 2.24) is 59.8 Å². The maximum atomic E-state index is 7.13. The third-order valence-corrected chi connectivity index (χ3v) is 23.9. The summed E-state index contributed by atoms with van der Waals surface area (Å²) < 4.78 is 42.7. The minimum Gasteiger partial charge on any atom is -0.453 e. The Bertz CT molecular complexity index is 6350. The monoisotopic (exact) mass is 1690 g/mol. The van der Waals surface area contributed by atoms with Crippen LogP contribution in [0.3, 0.4) is 0 Å². The molecule has 0 fully saturated rings. The summed E-state index contributed by atoms with van der Waals surface area (Å²) in [5.41, 5.74) is 15.0. The Labute approximate surface area is 748 Å². The Morgan fingerprint density at radius 2 is 0.453 bits per heavy atom. The van der Waals surface area contributed by atoms with Gasteiger partial charge in [-0.3, -0.25) is 9.97 Å². The Hall–Kier alpha value is -14.0. The number of H-pyrrole nitrogens is 2. The summed E-state index contributed by atoms with van der Waals surface area (Å²) in [5, 5.41) is 2.59. The number of unbranched alkanes of at least 4 members (excludes halogenated alkanes) is 12. The van der Waals surface area contributed by atoms with Crippen molar-refractivity contribution in [3.8, 4) is 137 Å². The molecular formula is C110H108N12O6. The second-order valence-corrected chi connectivity index (χ2v) is 33.6. The lowest BCUT2D eigenvalue weighted by molar-refractivity contribution is 0.419. The highest BCUT2D eigenvalue weighted by atomic mass is 16.5. The molecule has 6 aromatic heterocycles. The van der Waals surface area contributed by atoms with E-state index in [1.165, 1.54) is 33.4 Å². The van der Waals surface area contributed by atoms with Gasteiger partial charge in [-0.05, 0) is 256 Å². The molecule has 18 rings (SSSR count). The summed E-state index contributed by atoms with van der Waals surface area (Å²) in [6, 6.07) is 77.5. The molecule has 0 unspecified atom stereocenters. The molecular weight excluding hydrogens is 1590 g/mol. The fourth-order valence-corrected chi connectivity index (χ4v) is 16.8. The predicted molar refractivity (Wildman–Crippen MR) is 514 cm³/mol. The van der Waals surface area contributed by atoms with Gasteiger partial charge >= 0.3 is 0 Å². The summed E-state index contributed by atoms with van der Waals surface area (Å²) in [4.78, 5) is 62.1. The zero-order valence-corrected chi connectivity index (χ0v) is 74.0. The van der Waals surface area contributed by atoms with Crippen molar-refractivity contribution in [2.75, 3.05) is 0 Å². The molecule has 644 valence electrons. The lowest BCUT2D eigenvalue weighted by Gasteiger charge is -2.15. The van der Waals surface area contributed by atoms with Crippen molar-refractivity contribution in [2.24, 2.45) is 0 Å². The van der Waals surface area contributed by atoms with Crippen LogP contribution in [-0.4, -0.2) is 59.8 Å². The average molecular weight is 1690 g/mol. The number of pyridine rings is 2. The van der Waals surface area contributed by atoms with Crippen molar-refractivity contribution in [3.05, 3.63) is 276 Å². The first-order valence-corrected chi connectivity index (χ1v) is 46.2. The van der Waals surface area contributed by atoms with Gasteiger partial charge in [0.05, 0.1) is 22.4 Å². The van der Waals surface area contributed by atoms with E-state index in [1.807, 2.05) is 158 Å². The van der Waals surface area contributed by atoms with Gasteiger partial charge in [0.1, 0.15) is 68.5 Å². The number of hydrogen-bond donors (Lipinski definition) is 2. The van der Waals surface area contributed by atoms with Crippen molar-refractivity contribution < 1.29 is 28.4 Å². The molecule has 10 aromatic carbocycles. The molecule has 0 saturated heterocycles. The number of aryl methyl sites for hydroxylation is 6. The molecule has 8 heterocycles. The van der Waals surface area contributed by atoms with E-state index in [1.54, 1.807) is 12.4 Å². The third kappa shape index (κ3) is 19.8. The average Bonchev–Trinajstić information content (AvgIpc) is 1.58. The number of hydrogen-bond acceptors (Lipinski definition) is 16. The van der Waals surface area contributed by atoms with E-state index in [0.29, 0.717) is 192 Å². The van der Waals surface area contributed by atoms with Gasteiger partial charge < -0.3 is 38.4 Å². The van der Waals surface area contributed by atoms with Gasteiger partial charge in [0, 0.05) is 56.2 Å². The molecule has 0 aliphatic carbocycles. The van der Waals surface area contributed by atoms with Gasteiger partial charge in [0.25, 0.3) is 0 Å². The summed E-state index contributed by atoms with van der Waals surface area (Å²) in [7, 11) is 0. The van der Waals surface area contributed by atoms with Crippen molar-refractivity contribution in [3.63, 3.8) is 0 Å². The maximum Gasteiger partial charge on any atom is 0.170 e. The first kappa shape index (κ1) is 84.8. The molecule has 16 aromatic rings. The molecule has 0 amide bonds. The Kier molecular flexibility index (Phi) is 26.6. The fourth-order valence-electron chi connectivity index (χ4n) is 16.8. The Morgan fingerprint density at radius 1 is 0.227 bits per heavy atom. The van der Waals surface area contributed by atoms with E-state index in [9.17, 15) is 0 Å². The predicted octanol–water partition coefficient (Wildman–Crippen LogP) is 30.1. The van der Waals surface area contributed by atoms with Gasteiger partial charge in [-0.1, -0.05) is 204 Å². The Morgan fingerprint density at radius 3 is 0.672 bits per heavy atom. The maximum absolute atomic E-state index is 7.13. The van der Waals surface area contributed by atoms with E-state index in [-0.39, 0.29) is 0 Å². The number of fused-ring (bicyclic) bond motifs is 21. The molecule has 0 atom stereocenters. The van der Waals surface area contributed by atoms with Gasteiger partial charge in [-0.25, -0.2) is 39.9 Å². The molecule has 8 bridgehead atoms. The van der Waals surface area contributed by atoms with E-state index < -0.39 is 0 Å². The molecule has 128 heavy (non-hydrogen) atoms. The van der Waals surface area contributed by atoms with Crippen LogP contribution < -0.4 is 28.4 Å². The van der Waals surface area contributed by atoms with Crippen LogP contribution >= 0.6 is 0 Å². The van der Waals surface area contributed by atoms with Gasteiger partial charge in [-0.2, -0.15) is 0 Å². The number of nitrogens with zero attached hydrogens (tertiary/aromatic N) is 10. The highest BCUT2D eigenvalue weighted by Gasteiger charge is 2.30. The summed E-state index contributed by atoms with van der Waals surface area (Å²) in [6.07, 6.45) is 29.6. The van der Waals surface area contributed by atoms with Crippen LogP contribution in [0.5, 0.6) is 69.0 Å². The van der Waals surface area contributed by atoms with Gasteiger partial charge in [0.2, 0.25) is 0 Å². The molecule has 18 heteroatoms. The summed E-state index contributed by atoms with van der Waals surface area (Å²) in [6.45, 7) is 13.4. The van der Waals surface area contributed by atoms with Gasteiger partial charge in [-0.15, -0.1) is 0 Å². The van der Waals surface area contributed by atoms with Crippen molar-refractivity contribution in [1.29, 1.82) is 0 Å². The van der Waals surface area contributed by atoms with E-state index in [4.69, 9.17) is 78.3 Å². The summed E-state index contributed by atoms with van der Waals surface area (Å²) >= 11 is 0. The zero-order chi connectivity index (χ0) is 87.1. The Balaban J connectivity index is 0.912. The van der Waals surface area contributed by atoms with Crippen molar-refractivity contribution >= 4 is 55.2 Å². The molecule has 0 saturated carbocycles. The van der Waals surface area contributed by atoms with Crippen LogP contribution in [-0.2, 0) is 38.5 Å². The first-order chi connectivity index (χ1) is 63.1. The zero-order valence-electron chi connectivity index (χ0n) is 74.0. The normalized spacial score (nSPS) is 11.6. The number of nitrogens with one attached hydrogen (secondary N) is 2. The minimum absolute atomic E-state index is 0.313. The molecule has 0 spiro atoms. The molecule has 2 aliphatic rings. The largest absolute Gasteiger partial charge is 0.453 e. The van der Waals surface area contributed by atoms with E-state index in [2.05, 4.69) is 124 Å². The van der Waals surface area contributed by atoms with E-state index in [0.717, 1.165) is 154 Å². The number of ether oxygens (including phenoxy) is 6. The van der Waals surface area contributed by atoms with Crippen LogP contribution in [0, 0.1) is 0 Å². The van der Waals surface area contributed by atoms with Crippen LogP contribution in [0.15, 0.2) is 243 Å². The molecule has 2 aliphatic heterocycles. The lowest BCUT2D eigenvalue weighted by atomic mass is 10.1. The third-order valence-electron chi connectivity index (χ3n) is 23.9. The summed E-state index contributed by atoms with van der Waals surface area (Å²) in [5.74, 6) is 7.65. The smallest absolute Gasteiger partial charge is 0.170 e. The number of aromatic amines is 2. The highest BCUT2D eigenvalue weighted by Crippen LogP contribution is 2.50. The topological polar surface area (TPSA) is 216 Å². The number of benzene rings is 10. The quantitative estimate of drug-likeness (QED) is 0.0344. The molecule has 2 N–H and O–H groups in total. The number of rotatable bonds is 38. The minimum atomic E-state index is 0.313. The fraction of sp³-hybridized carbons (Fsp3) is 0.273. The second kappa shape index (κ2) is 40.1. The molecule has 18 nitrogen and oxygen atoms in total. The van der Waals surface area contributed by atoms with Gasteiger partial charge in [0.15, 0.2) is 57.8 Å². The number of aromatic nitrogens is 12. The second-order valence-electron chi connectivity index (χ2n) is 33.6.